The molecule has 0 fully saturated rings. The Balaban J connectivity index is 1.95. The maximum Gasteiger partial charge on any atom is 0.328 e. The van der Waals surface area contributed by atoms with E-state index in [-0.39, 0.29) is 11.6 Å². The second kappa shape index (κ2) is 6.95. The molecule has 0 aliphatic carbocycles. The van der Waals surface area contributed by atoms with Gasteiger partial charge in [0.05, 0.1) is 0 Å². The Hall–Kier alpha value is -3.02. The molecular formula is C15H13N3O3. The van der Waals surface area contributed by atoms with Crippen LogP contribution in [0.4, 0.5) is 0 Å². The normalized spacial score (nSPS) is 10.5. The lowest BCUT2D eigenvalue weighted by molar-refractivity contribution is -0.131. The molecule has 0 spiro atoms. The van der Waals surface area contributed by atoms with Gasteiger partial charge in [0.1, 0.15) is 5.69 Å². The van der Waals surface area contributed by atoms with Gasteiger partial charge in [-0.1, -0.05) is 12.1 Å². The number of carboxylic acid groups (broad SMARTS) is 1. The van der Waals surface area contributed by atoms with E-state index in [2.05, 4.69) is 15.3 Å². The number of rotatable bonds is 5. The third-order valence-corrected chi connectivity index (χ3v) is 2.61. The highest BCUT2D eigenvalue weighted by Crippen LogP contribution is 2.03. The Labute approximate surface area is 121 Å². The van der Waals surface area contributed by atoms with E-state index in [1.165, 1.54) is 12.3 Å². The third-order valence-electron chi connectivity index (χ3n) is 2.61. The van der Waals surface area contributed by atoms with Crippen LogP contribution < -0.4 is 5.32 Å². The van der Waals surface area contributed by atoms with E-state index in [4.69, 9.17) is 5.11 Å². The Morgan fingerprint density at radius 1 is 1.24 bits per heavy atom. The summed E-state index contributed by atoms with van der Waals surface area (Å²) in [6.07, 6.45) is 7.20. The van der Waals surface area contributed by atoms with Gasteiger partial charge >= 0.3 is 5.97 Å². The second-order valence-electron chi connectivity index (χ2n) is 4.19. The van der Waals surface area contributed by atoms with Crippen molar-refractivity contribution in [3.63, 3.8) is 0 Å². The van der Waals surface area contributed by atoms with Crippen molar-refractivity contribution >= 4 is 18.0 Å². The molecule has 0 aliphatic rings. The molecule has 0 atom stereocenters. The fraction of sp³-hybridized carbons (Fsp3) is 0.0667. The standard InChI is InChI=1S/C15H13N3O3/c19-14(20)6-4-11-3-5-13(17-9-11)15(21)18-10-12-2-1-7-16-8-12/h1-9H,10H2,(H,18,21)(H,19,20). The van der Waals surface area contributed by atoms with Crippen LogP contribution in [0.1, 0.15) is 21.6 Å². The van der Waals surface area contributed by atoms with E-state index >= 15 is 0 Å². The SMILES string of the molecule is O=C(O)C=Cc1ccc(C(=O)NCc2cccnc2)nc1. The Morgan fingerprint density at radius 2 is 2.10 bits per heavy atom. The van der Waals surface area contributed by atoms with Gasteiger partial charge in [-0.3, -0.25) is 14.8 Å². The van der Waals surface area contributed by atoms with Crippen LogP contribution in [0, 0.1) is 0 Å². The summed E-state index contributed by atoms with van der Waals surface area (Å²) in [5, 5.41) is 11.3. The largest absolute Gasteiger partial charge is 0.478 e. The van der Waals surface area contributed by atoms with Crippen LogP contribution in [0.15, 0.2) is 48.9 Å². The minimum absolute atomic E-state index is 0.270. The molecule has 6 heteroatoms. The number of aromatic nitrogens is 2. The topological polar surface area (TPSA) is 92.2 Å². The highest BCUT2D eigenvalue weighted by atomic mass is 16.4. The summed E-state index contributed by atoms with van der Waals surface area (Å²) in [4.78, 5) is 30.2. The van der Waals surface area contributed by atoms with E-state index in [0.29, 0.717) is 12.1 Å². The average Bonchev–Trinajstić information content (AvgIpc) is 2.52. The summed E-state index contributed by atoms with van der Waals surface area (Å²) >= 11 is 0. The first-order valence-electron chi connectivity index (χ1n) is 6.19. The van der Waals surface area contributed by atoms with Crippen molar-refractivity contribution in [3.8, 4) is 0 Å². The lowest BCUT2D eigenvalue weighted by Gasteiger charge is -2.04. The van der Waals surface area contributed by atoms with Gasteiger partial charge in [-0.05, 0) is 29.3 Å². The predicted molar refractivity (Wildman–Crippen MR) is 76.3 cm³/mol. The second-order valence-corrected chi connectivity index (χ2v) is 4.19. The molecule has 21 heavy (non-hydrogen) atoms. The number of amides is 1. The molecule has 2 N–H and O–H groups in total. The number of nitrogens with zero attached hydrogens (tertiary/aromatic N) is 2. The maximum absolute atomic E-state index is 11.9. The highest BCUT2D eigenvalue weighted by Gasteiger charge is 2.06. The number of pyridine rings is 2. The number of carboxylic acids is 1. The fourth-order valence-corrected chi connectivity index (χ4v) is 1.58. The van der Waals surface area contributed by atoms with E-state index in [1.807, 2.05) is 6.07 Å². The Morgan fingerprint density at radius 3 is 2.71 bits per heavy atom. The highest BCUT2D eigenvalue weighted by molar-refractivity contribution is 5.92. The molecule has 2 aromatic heterocycles. The predicted octanol–water partition coefficient (Wildman–Crippen LogP) is 1.50. The van der Waals surface area contributed by atoms with Crippen LogP contribution in [0.5, 0.6) is 0 Å². The summed E-state index contributed by atoms with van der Waals surface area (Å²) in [5.74, 6) is -1.33. The van der Waals surface area contributed by atoms with Gasteiger partial charge in [0.25, 0.3) is 5.91 Å². The van der Waals surface area contributed by atoms with E-state index in [0.717, 1.165) is 11.6 Å². The lowest BCUT2D eigenvalue weighted by Crippen LogP contribution is -2.23. The molecular weight excluding hydrogens is 270 g/mol. The zero-order valence-electron chi connectivity index (χ0n) is 11.1. The van der Waals surface area contributed by atoms with Gasteiger partial charge in [-0.15, -0.1) is 0 Å². The first kappa shape index (κ1) is 14.4. The molecule has 106 valence electrons. The molecule has 0 saturated heterocycles. The number of carbonyl (C=O) groups is 2. The minimum atomic E-state index is -1.03. The number of aliphatic carboxylic acids is 1. The van der Waals surface area contributed by atoms with Crippen molar-refractivity contribution in [3.05, 3.63) is 65.8 Å². The van der Waals surface area contributed by atoms with Gasteiger partial charge < -0.3 is 10.4 Å². The summed E-state index contributed by atoms with van der Waals surface area (Å²) < 4.78 is 0. The molecule has 2 aromatic rings. The average molecular weight is 283 g/mol. The molecule has 0 saturated carbocycles. The first-order valence-corrected chi connectivity index (χ1v) is 6.19. The fourth-order valence-electron chi connectivity index (χ4n) is 1.58. The van der Waals surface area contributed by atoms with Crippen LogP contribution in [0.3, 0.4) is 0 Å². The van der Waals surface area contributed by atoms with Crippen molar-refractivity contribution in [2.75, 3.05) is 0 Å². The minimum Gasteiger partial charge on any atom is -0.478 e. The van der Waals surface area contributed by atoms with Crippen molar-refractivity contribution in [1.29, 1.82) is 0 Å². The zero-order valence-corrected chi connectivity index (χ0v) is 11.1. The monoisotopic (exact) mass is 283 g/mol. The van der Waals surface area contributed by atoms with Crippen molar-refractivity contribution in [2.24, 2.45) is 0 Å². The van der Waals surface area contributed by atoms with E-state index in [1.54, 1.807) is 30.6 Å². The number of hydrogen-bond donors (Lipinski definition) is 2. The van der Waals surface area contributed by atoms with Crippen molar-refractivity contribution < 1.29 is 14.7 Å². The molecule has 2 rings (SSSR count). The van der Waals surface area contributed by atoms with Crippen LogP contribution in [-0.4, -0.2) is 27.0 Å². The summed E-state index contributed by atoms with van der Waals surface area (Å²) in [6.45, 7) is 0.370. The van der Waals surface area contributed by atoms with Gasteiger partial charge in [0.2, 0.25) is 0 Å². The summed E-state index contributed by atoms with van der Waals surface area (Å²) in [6, 6.07) is 6.83. The molecule has 0 unspecified atom stereocenters. The molecule has 0 aromatic carbocycles. The van der Waals surface area contributed by atoms with Gasteiger partial charge in [-0.25, -0.2) is 4.79 Å². The Bertz CT molecular complexity index is 652. The molecule has 0 radical (unpaired) electrons. The third kappa shape index (κ3) is 4.54. The van der Waals surface area contributed by atoms with Crippen LogP contribution >= 0.6 is 0 Å². The van der Waals surface area contributed by atoms with Crippen LogP contribution in [0.25, 0.3) is 6.08 Å². The Kier molecular flexibility index (Phi) is 4.76. The molecule has 1 amide bonds. The van der Waals surface area contributed by atoms with Crippen molar-refractivity contribution in [1.82, 2.24) is 15.3 Å². The summed E-state index contributed by atoms with van der Waals surface area (Å²) in [7, 11) is 0. The summed E-state index contributed by atoms with van der Waals surface area (Å²) in [5.41, 5.74) is 1.78. The van der Waals surface area contributed by atoms with Gasteiger partial charge in [0, 0.05) is 31.2 Å². The smallest absolute Gasteiger partial charge is 0.328 e. The van der Waals surface area contributed by atoms with Crippen LogP contribution in [0.2, 0.25) is 0 Å². The molecule has 0 aliphatic heterocycles. The van der Waals surface area contributed by atoms with E-state index in [9.17, 15) is 9.59 Å². The van der Waals surface area contributed by atoms with Gasteiger partial charge in [-0.2, -0.15) is 0 Å². The first-order chi connectivity index (χ1) is 10.1. The number of carbonyl (C=O) groups excluding carboxylic acids is 1. The molecule has 2 heterocycles. The molecule has 6 nitrogen and oxygen atoms in total. The number of hydrogen-bond acceptors (Lipinski definition) is 4. The maximum atomic E-state index is 11.9. The number of nitrogens with one attached hydrogen (secondary N) is 1. The van der Waals surface area contributed by atoms with E-state index < -0.39 is 5.97 Å². The van der Waals surface area contributed by atoms with Crippen molar-refractivity contribution in [2.45, 2.75) is 6.54 Å². The van der Waals surface area contributed by atoms with Gasteiger partial charge in [0.15, 0.2) is 0 Å². The molecule has 0 bridgehead atoms. The van der Waals surface area contributed by atoms with Crippen LogP contribution in [-0.2, 0) is 11.3 Å². The lowest BCUT2D eigenvalue weighted by atomic mass is 10.2. The quantitative estimate of drug-likeness (QED) is 0.811. The zero-order chi connectivity index (χ0) is 15.1.